The molecule has 40 heavy (non-hydrogen) atoms. The predicted octanol–water partition coefficient (Wildman–Crippen LogP) is 5.82. The topological polar surface area (TPSA) is 129 Å². The first-order valence-electron chi connectivity index (χ1n) is 12.2. The number of alkyl halides is 2. The van der Waals surface area contributed by atoms with Crippen molar-refractivity contribution in [3.8, 4) is 28.3 Å². The molecule has 3 aromatic heterocycles. The molecule has 0 bridgehead atoms. The minimum absolute atomic E-state index is 0.0224. The third-order valence-electron chi connectivity index (χ3n) is 6.24. The maximum Gasteiger partial charge on any atom is 0.337 e. The van der Waals surface area contributed by atoms with Crippen molar-refractivity contribution in [2.75, 3.05) is 5.73 Å². The Morgan fingerprint density at radius 1 is 1.05 bits per heavy atom. The number of para-hydroxylation sites is 1. The van der Waals surface area contributed by atoms with Crippen molar-refractivity contribution in [3.63, 3.8) is 0 Å². The van der Waals surface area contributed by atoms with Crippen LogP contribution in [-0.4, -0.2) is 35.6 Å². The monoisotopic (exact) mass is 548 g/mol. The first-order valence-corrected chi connectivity index (χ1v) is 12.2. The number of hydrogen-bond acceptors (Lipinski definition) is 7. The first-order chi connectivity index (χ1) is 19.2. The standard InChI is InChI=1S/C28H23F3N6O3/c1-3-37-20-6-4-5-18(27(38)39)24(20)34-21(37)13-40-26-22(16-11-14(2)33-19(12-16)25(30)31)23(35-28(32)36-26)15-7-9-17(29)10-8-15/h4-12,25H,3,13H2,1-2H3,(H,38,39)(H2,32,35,36). The van der Waals surface area contributed by atoms with Crippen LogP contribution in [0.5, 0.6) is 5.88 Å². The number of halogens is 3. The average molecular weight is 549 g/mol. The number of aryl methyl sites for hydroxylation is 2. The maximum atomic E-state index is 13.7. The van der Waals surface area contributed by atoms with E-state index in [1.807, 2.05) is 6.92 Å². The number of benzene rings is 2. The van der Waals surface area contributed by atoms with Gasteiger partial charge in [-0.15, -0.1) is 0 Å². The van der Waals surface area contributed by atoms with E-state index in [1.54, 1.807) is 29.7 Å². The number of aromatic nitrogens is 5. The molecule has 204 valence electrons. The fourth-order valence-corrected chi connectivity index (χ4v) is 4.55. The quantitative estimate of drug-likeness (QED) is 0.248. The summed E-state index contributed by atoms with van der Waals surface area (Å²) in [5.74, 6) is -1.35. The van der Waals surface area contributed by atoms with E-state index >= 15 is 0 Å². The molecule has 0 radical (unpaired) electrons. The second-order valence-electron chi connectivity index (χ2n) is 8.88. The molecule has 5 rings (SSSR count). The number of anilines is 1. The third kappa shape index (κ3) is 5.03. The summed E-state index contributed by atoms with van der Waals surface area (Å²) in [6.45, 7) is 3.78. The molecule has 0 spiro atoms. The summed E-state index contributed by atoms with van der Waals surface area (Å²) in [4.78, 5) is 28.8. The highest BCUT2D eigenvalue weighted by atomic mass is 19.3. The number of hydrogen-bond donors (Lipinski definition) is 2. The number of carboxylic acid groups (broad SMARTS) is 1. The summed E-state index contributed by atoms with van der Waals surface area (Å²) in [6.07, 6.45) is -2.83. The van der Waals surface area contributed by atoms with Gasteiger partial charge in [-0.25, -0.2) is 27.9 Å². The highest BCUT2D eigenvalue weighted by Crippen LogP contribution is 2.39. The summed E-state index contributed by atoms with van der Waals surface area (Å²) >= 11 is 0. The van der Waals surface area contributed by atoms with Gasteiger partial charge in [-0.2, -0.15) is 4.98 Å². The summed E-state index contributed by atoms with van der Waals surface area (Å²) in [6, 6.07) is 13.1. The molecule has 0 saturated carbocycles. The van der Waals surface area contributed by atoms with E-state index in [4.69, 9.17) is 10.5 Å². The zero-order chi connectivity index (χ0) is 28.6. The molecule has 0 fully saturated rings. The first kappa shape index (κ1) is 26.6. The van der Waals surface area contributed by atoms with Crippen LogP contribution in [0, 0.1) is 12.7 Å². The zero-order valence-electron chi connectivity index (χ0n) is 21.4. The van der Waals surface area contributed by atoms with Gasteiger partial charge < -0.3 is 20.1 Å². The lowest BCUT2D eigenvalue weighted by molar-refractivity contribution is 0.0698. The molecular weight excluding hydrogens is 525 g/mol. The van der Waals surface area contributed by atoms with Crippen LogP contribution in [0.1, 0.15) is 40.9 Å². The van der Waals surface area contributed by atoms with Gasteiger partial charge in [-0.3, -0.25) is 4.98 Å². The second-order valence-corrected chi connectivity index (χ2v) is 8.88. The van der Waals surface area contributed by atoms with Gasteiger partial charge in [0.1, 0.15) is 29.5 Å². The van der Waals surface area contributed by atoms with Gasteiger partial charge in [0.2, 0.25) is 11.8 Å². The molecule has 5 aromatic rings. The van der Waals surface area contributed by atoms with Gasteiger partial charge in [0.05, 0.1) is 22.3 Å². The molecule has 3 N–H and O–H groups in total. The number of ether oxygens (including phenoxy) is 1. The van der Waals surface area contributed by atoms with E-state index < -0.39 is 23.9 Å². The van der Waals surface area contributed by atoms with Crippen molar-refractivity contribution in [2.24, 2.45) is 0 Å². The average Bonchev–Trinajstić information content (AvgIpc) is 3.29. The SMILES string of the molecule is CCn1c(COc2nc(N)nc(-c3ccc(F)cc3)c2-c2cc(C)nc(C(F)F)c2)nc2c(C(=O)O)cccc21. The summed E-state index contributed by atoms with van der Waals surface area (Å²) in [7, 11) is 0. The summed E-state index contributed by atoms with van der Waals surface area (Å²) in [5, 5.41) is 9.60. The highest BCUT2D eigenvalue weighted by molar-refractivity contribution is 6.01. The van der Waals surface area contributed by atoms with Gasteiger partial charge >= 0.3 is 5.97 Å². The smallest absolute Gasteiger partial charge is 0.337 e. The molecule has 2 aromatic carbocycles. The number of carbonyl (C=O) groups is 1. The van der Waals surface area contributed by atoms with Gasteiger partial charge in [-0.05, 0) is 67.9 Å². The normalized spacial score (nSPS) is 11.3. The van der Waals surface area contributed by atoms with Crippen molar-refractivity contribution in [1.82, 2.24) is 24.5 Å². The molecule has 12 heteroatoms. The molecular formula is C28H23F3N6O3. The molecule has 9 nitrogen and oxygen atoms in total. The van der Waals surface area contributed by atoms with Crippen LogP contribution in [0.15, 0.2) is 54.6 Å². The summed E-state index contributed by atoms with van der Waals surface area (Å²) < 4.78 is 49.0. The Hall–Kier alpha value is -5.00. The molecule has 0 aliphatic heterocycles. The molecule has 0 amide bonds. The van der Waals surface area contributed by atoms with E-state index in [-0.39, 0.29) is 35.3 Å². The largest absolute Gasteiger partial charge is 0.478 e. The third-order valence-corrected chi connectivity index (χ3v) is 6.24. The number of aromatic carboxylic acids is 1. The molecule has 0 aliphatic rings. The highest BCUT2D eigenvalue weighted by Gasteiger charge is 2.23. The number of pyridine rings is 1. The van der Waals surface area contributed by atoms with Crippen LogP contribution >= 0.6 is 0 Å². The Morgan fingerprint density at radius 3 is 2.48 bits per heavy atom. The van der Waals surface area contributed by atoms with Gasteiger partial charge in [0.15, 0.2) is 0 Å². The lowest BCUT2D eigenvalue weighted by Gasteiger charge is -2.17. The van der Waals surface area contributed by atoms with Crippen molar-refractivity contribution in [1.29, 1.82) is 0 Å². The van der Waals surface area contributed by atoms with Gasteiger partial charge in [0.25, 0.3) is 6.43 Å². The Labute approximate surface area is 226 Å². The van der Waals surface area contributed by atoms with Crippen LogP contribution in [0.2, 0.25) is 0 Å². The Kier molecular flexibility index (Phi) is 7.07. The Morgan fingerprint density at radius 2 is 1.80 bits per heavy atom. The molecule has 0 atom stereocenters. The minimum Gasteiger partial charge on any atom is -0.478 e. The van der Waals surface area contributed by atoms with Crippen LogP contribution in [0.4, 0.5) is 19.1 Å². The number of fused-ring (bicyclic) bond motifs is 1. The lowest BCUT2D eigenvalue weighted by Crippen LogP contribution is -2.09. The minimum atomic E-state index is -2.83. The molecule has 3 heterocycles. The second kappa shape index (κ2) is 10.6. The van der Waals surface area contributed by atoms with E-state index in [0.29, 0.717) is 40.2 Å². The number of imidazole rings is 1. The molecule has 0 aliphatic carbocycles. The van der Waals surface area contributed by atoms with E-state index in [2.05, 4.69) is 19.9 Å². The zero-order valence-corrected chi connectivity index (χ0v) is 21.4. The Bertz CT molecular complexity index is 1740. The fourth-order valence-electron chi connectivity index (χ4n) is 4.55. The van der Waals surface area contributed by atoms with Crippen molar-refractivity contribution >= 4 is 23.0 Å². The van der Waals surface area contributed by atoms with E-state index in [0.717, 1.165) is 0 Å². The fraction of sp³-hybridized carbons (Fsp3) is 0.179. The lowest BCUT2D eigenvalue weighted by atomic mass is 9.99. The predicted molar refractivity (Wildman–Crippen MR) is 141 cm³/mol. The van der Waals surface area contributed by atoms with Gasteiger partial charge in [0, 0.05) is 17.8 Å². The number of carboxylic acids is 1. The van der Waals surface area contributed by atoms with Crippen molar-refractivity contribution < 1.29 is 27.8 Å². The van der Waals surface area contributed by atoms with Gasteiger partial charge in [-0.1, -0.05) is 6.07 Å². The number of rotatable bonds is 8. The van der Waals surface area contributed by atoms with E-state index in [1.165, 1.54) is 36.4 Å². The maximum absolute atomic E-state index is 13.7. The van der Waals surface area contributed by atoms with Crippen LogP contribution in [-0.2, 0) is 13.2 Å². The number of nitrogens with zero attached hydrogens (tertiary/aromatic N) is 5. The Balaban J connectivity index is 1.67. The van der Waals surface area contributed by atoms with E-state index in [9.17, 15) is 23.1 Å². The van der Waals surface area contributed by atoms with Crippen molar-refractivity contribution in [2.45, 2.75) is 33.4 Å². The van der Waals surface area contributed by atoms with Crippen LogP contribution in [0.3, 0.4) is 0 Å². The van der Waals surface area contributed by atoms with Crippen LogP contribution in [0.25, 0.3) is 33.4 Å². The number of nitrogen functional groups attached to an aromatic ring is 1. The molecule has 0 saturated heterocycles. The number of nitrogens with two attached hydrogens (primary N) is 1. The summed E-state index contributed by atoms with van der Waals surface area (Å²) in [5.41, 5.74) is 8.11. The molecule has 0 unspecified atom stereocenters. The van der Waals surface area contributed by atoms with Crippen LogP contribution < -0.4 is 10.5 Å². The van der Waals surface area contributed by atoms with Crippen molar-refractivity contribution in [3.05, 3.63) is 83.2 Å².